The zero-order valence-electron chi connectivity index (χ0n) is 10.5. The summed E-state index contributed by atoms with van der Waals surface area (Å²) < 4.78 is 0. The zero-order valence-corrected chi connectivity index (χ0v) is 10.5. The molecule has 0 unspecified atom stereocenters. The first-order chi connectivity index (χ1) is 9.15. The number of aromatic carboxylic acids is 1. The molecule has 1 heterocycles. The third kappa shape index (κ3) is 1.99. The quantitative estimate of drug-likeness (QED) is 0.727. The van der Waals surface area contributed by atoms with Crippen molar-refractivity contribution in [3.05, 3.63) is 59.8 Å². The molecule has 2 N–H and O–H groups in total. The second-order valence-corrected chi connectivity index (χ2v) is 4.61. The topological polar surface area (TPSA) is 53.1 Å². The van der Waals surface area contributed by atoms with E-state index in [1.165, 1.54) is 10.9 Å². The highest BCUT2D eigenvalue weighted by molar-refractivity contribution is 5.90. The summed E-state index contributed by atoms with van der Waals surface area (Å²) in [6.45, 7) is 2.07. The van der Waals surface area contributed by atoms with E-state index in [9.17, 15) is 4.79 Å². The number of benzene rings is 2. The van der Waals surface area contributed by atoms with Crippen LogP contribution in [0.2, 0.25) is 0 Å². The Morgan fingerprint density at radius 2 is 1.74 bits per heavy atom. The number of fused-ring (bicyclic) bond motifs is 1. The molecule has 19 heavy (non-hydrogen) atoms. The number of carbonyl (C=O) groups is 1. The SMILES string of the molecule is Cc1c[nH]c2ccc(-c3ccc(C(=O)O)cc3)cc12. The van der Waals surface area contributed by atoms with Gasteiger partial charge in [-0.15, -0.1) is 0 Å². The summed E-state index contributed by atoms with van der Waals surface area (Å²) in [5.41, 5.74) is 4.74. The number of nitrogens with one attached hydrogen (secondary N) is 1. The number of aromatic nitrogens is 1. The molecule has 0 amide bonds. The zero-order chi connectivity index (χ0) is 13.4. The molecule has 3 rings (SSSR count). The molecule has 1 aromatic heterocycles. The molecule has 0 spiro atoms. The molecule has 0 bridgehead atoms. The summed E-state index contributed by atoms with van der Waals surface area (Å²) in [6, 6.07) is 13.1. The summed E-state index contributed by atoms with van der Waals surface area (Å²) in [4.78, 5) is 14.0. The van der Waals surface area contributed by atoms with Gasteiger partial charge in [0.05, 0.1) is 5.56 Å². The van der Waals surface area contributed by atoms with Crippen LogP contribution in [-0.4, -0.2) is 16.1 Å². The summed E-state index contributed by atoms with van der Waals surface area (Å²) in [6.07, 6.45) is 1.99. The second-order valence-electron chi connectivity index (χ2n) is 4.61. The summed E-state index contributed by atoms with van der Waals surface area (Å²) in [5.74, 6) is -0.900. The number of aromatic amines is 1. The molecule has 0 saturated carbocycles. The maximum atomic E-state index is 10.8. The Labute approximate surface area is 110 Å². The molecule has 0 aliphatic heterocycles. The van der Waals surface area contributed by atoms with Gasteiger partial charge in [0, 0.05) is 17.1 Å². The van der Waals surface area contributed by atoms with Crippen molar-refractivity contribution in [2.75, 3.05) is 0 Å². The highest BCUT2D eigenvalue weighted by Gasteiger charge is 2.05. The highest BCUT2D eigenvalue weighted by atomic mass is 16.4. The first kappa shape index (κ1) is 11.5. The lowest BCUT2D eigenvalue weighted by molar-refractivity contribution is 0.0697. The monoisotopic (exact) mass is 251 g/mol. The Morgan fingerprint density at radius 3 is 2.42 bits per heavy atom. The van der Waals surface area contributed by atoms with Crippen molar-refractivity contribution < 1.29 is 9.90 Å². The second kappa shape index (κ2) is 4.28. The minimum atomic E-state index is -0.900. The maximum Gasteiger partial charge on any atom is 0.335 e. The summed E-state index contributed by atoms with van der Waals surface area (Å²) in [7, 11) is 0. The van der Waals surface area contributed by atoms with E-state index in [0.717, 1.165) is 16.6 Å². The number of hydrogen-bond acceptors (Lipinski definition) is 1. The van der Waals surface area contributed by atoms with Crippen LogP contribution in [0.1, 0.15) is 15.9 Å². The van der Waals surface area contributed by atoms with E-state index in [2.05, 4.69) is 18.0 Å². The largest absolute Gasteiger partial charge is 0.478 e. The molecular formula is C16H13NO2. The lowest BCUT2D eigenvalue weighted by Crippen LogP contribution is -1.94. The number of carboxylic acid groups (broad SMARTS) is 1. The van der Waals surface area contributed by atoms with E-state index in [1.807, 2.05) is 30.5 Å². The van der Waals surface area contributed by atoms with Gasteiger partial charge in [0.25, 0.3) is 0 Å². The molecule has 3 nitrogen and oxygen atoms in total. The van der Waals surface area contributed by atoms with Crippen LogP contribution in [-0.2, 0) is 0 Å². The van der Waals surface area contributed by atoms with Gasteiger partial charge in [-0.05, 0) is 47.9 Å². The molecule has 3 heteroatoms. The van der Waals surface area contributed by atoms with Gasteiger partial charge in [-0.25, -0.2) is 4.79 Å². The van der Waals surface area contributed by atoms with E-state index in [4.69, 9.17) is 5.11 Å². The molecule has 0 fully saturated rings. The highest BCUT2D eigenvalue weighted by Crippen LogP contribution is 2.26. The Hall–Kier alpha value is -2.55. The first-order valence-electron chi connectivity index (χ1n) is 6.06. The van der Waals surface area contributed by atoms with Gasteiger partial charge in [0.2, 0.25) is 0 Å². The maximum absolute atomic E-state index is 10.8. The van der Waals surface area contributed by atoms with Gasteiger partial charge in [-0.3, -0.25) is 0 Å². The molecule has 2 aromatic carbocycles. The van der Waals surface area contributed by atoms with Crippen LogP contribution in [0.5, 0.6) is 0 Å². The van der Waals surface area contributed by atoms with Crippen molar-refractivity contribution in [3.63, 3.8) is 0 Å². The predicted octanol–water partition coefficient (Wildman–Crippen LogP) is 3.84. The minimum Gasteiger partial charge on any atom is -0.478 e. The Kier molecular flexibility index (Phi) is 2.60. The number of rotatable bonds is 2. The average molecular weight is 251 g/mol. The number of H-pyrrole nitrogens is 1. The van der Waals surface area contributed by atoms with Crippen LogP contribution in [0, 0.1) is 6.92 Å². The van der Waals surface area contributed by atoms with E-state index < -0.39 is 5.97 Å². The third-order valence-corrected chi connectivity index (χ3v) is 3.35. The molecular weight excluding hydrogens is 238 g/mol. The van der Waals surface area contributed by atoms with E-state index in [-0.39, 0.29) is 0 Å². The van der Waals surface area contributed by atoms with Crippen LogP contribution >= 0.6 is 0 Å². The van der Waals surface area contributed by atoms with Crippen molar-refractivity contribution >= 4 is 16.9 Å². The molecule has 0 aliphatic carbocycles. The summed E-state index contributed by atoms with van der Waals surface area (Å²) in [5, 5.41) is 10.1. The Morgan fingerprint density at radius 1 is 1.05 bits per heavy atom. The van der Waals surface area contributed by atoms with Gasteiger partial charge in [0.15, 0.2) is 0 Å². The van der Waals surface area contributed by atoms with Gasteiger partial charge in [0.1, 0.15) is 0 Å². The third-order valence-electron chi connectivity index (χ3n) is 3.35. The van der Waals surface area contributed by atoms with Crippen LogP contribution in [0.15, 0.2) is 48.7 Å². The normalized spacial score (nSPS) is 10.8. The molecule has 0 aliphatic rings. The number of aryl methyl sites for hydroxylation is 1. The number of hydrogen-bond donors (Lipinski definition) is 2. The fraction of sp³-hybridized carbons (Fsp3) is 0.0625. The fourth-order valence-corrected chi connectivity index (χ4v) is 2.24. The molecule has 3 aromatic rings. The van der Waals surface area contributed by atoms with Gasteiger partial charge >= 0.3 is 5.97 Å². The van der Waals surface area contributed by atoms with E-state index >= 15 is 0 Å². The number of carboxylic acids is 1. The van der Waals surface area contributed by atoms with Gasteiger partial charge < -0.3 is 10.1 Å². The summed E-state index contributed by atoms with van der Waals surface area (Å²) >= 11 is 0. The van der Waals surface area contributed by atoms with E-state index in [0.29, 0.717) is 5.56 Å². The van der Waals surface area contributed by atoms with Crippen molar-refractivity contribution in [2.24, 2.45) is 0 Å². The molecule has 94 valence electrons. The van der Waals surface area contributed by atoms with Crippen LogP contribution < -0.4 is 0 Å². The molecule has 0 atom stereocenters. The first-order valence-corrected chi connectivity index (χ1v) is 6.06. The smallest absolute Gasteiger partial charge is 0.335 e. The molecule has 0 radical (unpaired) electrons. The lowest BCUT2D eigenvalue weighted by atomic mass is 10.0. The predicted molar refractivity (Wildman–Crippen MR) is 75.4 cm³/mol. The minimum absolute atomic E-state index is 0.308. The van der Waals surface area contributed by atoms with Gasteiger partial charge in [-0.2, -0.15) is 0 Å². The molecule has 0 saturated heterocycles. The van der Waals surface area contributed by atoms with Crippen molar-refractivity contribution in [1.29, 1.82) is 0 Å². The van der Waals surface area contributed by atoms with Crippen molar-refractivity contribution in [2.45, 2.75) is 6.92 Å². The van der Waals surface area contributed by atoms with Crippen LogP contribution in [0.3, 0.4) is 0 Å². The van der Waals surface area contributed by atoms with Crippen molar-refractivity contribution in [1.82, 2.24) is 4.98 Å². The van der Waals surface area contributed by atoms with Crippen LogP contribution in [0.25, 0.3) is 22.0 Å². The van der Waals surface area contributed by atoms with Crippen molar-refractivity contribution in [3.8, 4) is 11.1 Å². The van der Waals surface area contributed by atoms with Gasteiger partial charge in [-0.1, -0.05) is 18.2 Å². The Bertz CT molecular complexity index is 754. The van der Waals surface area contributed by atoms with Crippen LogP contribution in [0.4, 0.5) is 0 Å². The lowest BCUT2D eigenvalue weighted by Gasteiger charge is -2.03. The fourth-order valence-electron chi connectivity index (χ4n) is 2.24. The Balaban J connectivity index is 2.08. The standard InChI is InChI=1S/C16H13NO2/c1-10-9-17-15-7-6-13(8-14(10)15)11-2-4-12(5-3-11)16(18)19/h2-9,17H,1H3,(H,18,19). The van der Waals surface area contributed by atoms with E-state index in [1.54, 1.807) is 12.1 Å². The average Bonchev–Trinajstić information content (AvgIpc) is 2.80.